The summed E-state index contributed by atoms with van der Waals surface area (Å²) in [5.41, 5.74) is 10.2. The van der Waals surface area contributed by atoms with E-state index in [9.17, 15) is 0 Å². The molecule has 1 aromatic rings. The molecule has 2 N–H and O–H groups in total. The van der Waals surface area contributed by atoms with Crippen LogP contribution in [-0.4, -0.2) is 43.2 Å². The summed E-state index contributed by atoms with van der Waals surface area (Å²) in [7, 11) is 0. The Morgan fingerprint density at radius 2 is 1.75 bits per heavy atom. The summed E-state index contributed by atoms with van der Waals surface area (Å²) in [6.45, 7) is 14.3. The van der Waals surface area contributed by atoms with Crippen molar-refractivity contribution in [1.29, 1.82) is 0 Å². The number of aryl methyl sites for hydroxylation is 1. The van der Waals surface area contributed by atoms with Gasteiger partial charge in [0.2, 0.25) is 0 Å². The third kappa shape index (κ3) is 3.97. The molecule has 112 valence electrons. The molecule has 0 aliphatic carbocycles. The van der Waals surface area contributed by atoms with Crippen LogP contribution >= 0.6 is 0 Å². The molecule has 1 fully saturated rings. The molecular formula is C17H29N3. The zero-order valence-corrected chi connectivity index (χ0v) is 13.4. The number of benzene rings is 1. The second kappa shape index (κ2) is 6.15. The Labute approximate surface area is 123 Å². The average molecular weight is 275 g/mol. The lowest BCUT2D eigenvalue weighted by Crippen LogP contribution is -2.48. The third-order valence-corrected chi connectivity index (χ3v) is 4.36. The van der Waals surface area contributed by atoms with E-state index in [-0.39, 0.29) is 5.54 Å². The highest BCUT2D eigenvalue weighted by atomic mass is 15.3. The van der Waals surface area contributed by atoms with Crippen LogP contribution in [0.2, 0.25) is 0 Å². The lowest BCUT2D eigenvalue weighted by molar-refractivity contribution is 0.235. The first-order valence-electron chi connectivity index (χ1n) is 7.69. The van der Waals surface area contributed by atoms with Crippen LogP contribution < -0.4 is 10.6 Å². The molecule has 1 saturated heterocycles. The van der Waals surface area contributed by atoms with Gasteiger partial charge in [-0.1, -0.05) is 12.1 Å². The van der Waals surface area contributed by atoms with Crippen molar-refractivity contribution in [3.05, 3.63) is 29.3 Å². The van der Waals surface area contributed by atoms with E-state index in [1.165, 1.54) is 16.8 Å². The van der Waals surface area contributed by atoms with Gasteiger partial charge in [0.1, 0.15) is 0 Å². The van der Waals surface area contributed by atoms with Crippen molar-refractivity contribution in [1.82, 2.24) is 4.90 Å². The minimum atomic E-state index is -0.0513. The van der Waals surface area contributed by atoms with Crippen LogP contribution in [0, 0.1) is 13.8 Å². The lowest BCUT2D eigenvalue weighted by Gasteiger charge is -2.38. The van der Waals surface area contributed by atoms with Crippen LogP contribution in [-0.2, 0) is 0 Å². The number of hydrogen-bond acceptors (Lipinski definition) is 3. The Bertz CT molecular complexity index is 440. The van der Waals surface area contributed by atoms with Crippen LogP contribution in [0.5, 0.6) is 0 Å². The van der Waals surface area contributed by atoms with Crippen molar-refractivity contribution in [3.63, 3.8) is 0 Å². The second-order valence-corrected chi connectivity index (χ2v) is 6.79. The number of hydrogen-bond donors (Lipinski definition) is 1. The molecule has 0 unspecified atom stereocenters. The number of rotatable bonds is 4. The summed E-state index contributed by atoms with van der Waals surface area (Å²) in [5.74, 6) is 0. The van der Waals surface area contributed by atoms with Gasteiger partial charge >= 0.3 is 0 Å². The molecule has 3 nitrogen and oxygen atoms in total. The number of nitrogens with zero attached hydrogens (tertiary/aromatic N) is 2. The smallest absolute Gasteiger partial charge is 0.0399 e. The first-order chi connectivity index (χ1) is 9.37. The van der Waals surface area contributed by atoms with E-state index in [0.717, 1.165) is 39.1 Å². The van der Waals surface area contributed by atoms with E-state index in [1.807, 2.05) is 0 Å². The first-order valence-corrected chi connectivity index (χ1v) is 7.69. The highest BCUT2D eigenvalue weighted by molar-refractivity contribution is 5.56. The molecule has 3 heteroatoms. The van der Waals surface area contributed by atoms with Crippen molar-refractivity contribution in [2.75, 3.05) is 37.6 Å². The Balaban J connectivity index is 1.90. The van der Waals surface area contributed by atoms with Gasteiger partial charge in [0.05, 0.1) is 0 Å². The molecule has 1 aromatic carbocycles. The molecule has 0 atom stereocenters. The van der Waals surface area contributed by atoms with Gasteiger partial charge in [0.25, 0.3) is 0 Å². The predicted octanol–water partition coefficient (Wildman–Crippen LogP) is 2.55. The topological polar surface area (TPSA) is 32.5 Å². The molecule has 0 bridgehead atoms. The predicted molar refractivity (Wildman–Crippen MR) is 87.5 cm³/mol. The Kier molecular flexibility index (Phi) is 4.71. The van der Waals surface area contributed by atoms with Gasteiger partial charge in [0.15, 0.2) is 0 Å². The summed E-state index contributed by atoms with van der Waals surface area (Å²) in [6, 6.07) is 6.61. The maximum atomic E-state index is 6.07. The lowest BCUT2D eigenvalue weighted by atomic mass is 10.0. The molecule has 0 spiro atoms. The van der Waals surface area contributed by atoms with Crippen LogP contribution in [0.25, 0.3) is 0 Å². The minimum Gasteiger partial charge on any atom is -0.369 e. The molecule has 1 heterocycles. The Morgan fingerprint density at radius 1 is 1.10 bits per heavy atom. The van der Waals surface area contributed by atoms with Crippen molar-refractivity contribution in [2.45, 2.75) is 39.7 Å². The number of nitrogens with two attached hydrogens (primary N) is 1. The van der Waals surface area contributed by atoms with Crippen LogP contribution in [0.3, 0.4) is 0 Å². The Morgan fingerprint density at radius 3 is 2.35 bits per heavy atom. The van der Waals surface area contributed by atoms with E-state index in [1.54, 1.807) is 0 Å². The highest BCUT2D eigenvalue weighted by Gasteiger charge is 2.20. The molecule has 0 saturated carbocycles. The molecule has 1 aliphatic rings. The normalized spacial score (nSPS) is 17.6. The number of piperazine rings is 1. The van der Waals surface area contributed by atoms with Crippen LogP contribution in [0.1, 0.15) is 31.4 Å². The fourth-order valence-corrected chi connectivity index (χ4v) is 2.74. The highest BCUT2D eigenvalue weighted by Crippen LogP contribution is 2.24. The number of anilines is 1. The van der Waals surface area contributed by atoms with E-state index in [0.29, 0.717) is 0 Å². The maximum Gasteiger partial charge on any atom is 0.0399 e. The van der Waals surface area contributed by atoms with Crippen LogP contribution in [0.15, 0.2) is 18.2 Å². The average Bonchev–Trinajstić information content (AvgIpc) is 2.40. The quantitative estimate of drug-likeness (QED) is 0.916. The van der Waals surface area contributed by atoms with Gasteiger partial charge in [-0.3, -0.25) is 4.90 Å². The van der Waals surface area contributed by atoms with Gasteiger partial charge in [0, 0.05) is 44.0 Å². The largest absolute Gasteiger partial charge is 0.369 e. The maximum absolute atomic E-state index is 6.07. The van der Waals surface area contributed by atoms with Crippen molar-refractivity contribution in [2.24, 2.45) is 5.73 Å². The van der Waals surface area contributed by atoms with Gasteiger partial charge in [-0.15, -0.1) is 0 Å². The van der Waals surface area contributed by atoms with Crippen molar-refractivity contribution >= 4 is 5.69 Å². The molecule has 0 radical (unpaired) electrons. The zero-order valence-electron chi connectivity index (χ0n) is 13.4. The monoisotopic (exact) mass is 275 g/mol. The van der Waals surface area contributed by atoms with E-state index >= 15 is 0 Å². The van der Waals surface area contributed by atoms with Crippen molar-refractivity contribution in [3.8, 4) is 0 Å². The Hall–Kier alpha value is -1.06. The summed E-state index contributed by atoms with van der Waals surface area (Å²) >= 11 is 0. The first kappa shape index (κ1) is 15.3. The van der Waals surface area contributed by atoms with Crippen LogP contribution in [0.4, 0.5) is 5.69 Å². The summed E-state index contributed by atoms with van der Waals surface area (Å²) in [6.07, 6.45) is 1.07. The fourth-order valence-electron chi connectivity index (χ4n) is 2.74. The summed E-state index contributed by atoms with van der Waals surface area (Å²) in [5, 5.41) is 0. The van der Waals surface area contributed by atoms with Gasteiger partial charge in [-0.25, -0.2) is 0 Å². The van der Waals surface area contributed by atoms with Crippen molar-refractivity contribution < 1.29 is 0 Å². The standard InChI is InChI=1S/C17H29N3/c1-14-6-5-7-16(15(14)2)20-12-10-19(11-13-20)9-8-17(3,4)18/h5-7H,8-13,18H2,1-4H3. The molecule has 0 aromatic heterocycles. The summed E-state index contributed by atoms with van der Waals surface area (Å²) in [4.78, 5) is 5.06. The molecule has 1 aliphatic heterocycles. The van der Waals surface area contributed by atoms with E-state index in [4.69, 9.17) is 5.73 Å². The van der Waals surface area contributed by atoms with Gasteiger partial charge in [-0.2, -0.15) is 0 Å². The minimum absolute atomic E-state index is 0.0513. The van der Waals surface area contributed by atoms with E-state index < -0.39 is 0 Å². The fraction of sp³-hybridized carbons (Fsp3) is 0.647. The third-order valence-electron chi connectivity index (χ3n) is 4.36. The van der Waals surface area contributed by atoms with Gasteiger partial charge < -0.3 is 10.6 Å². The SMILES string of the molecule is Cc1cccc(N2CCN(CCC(C)(C)N)CC2)c1C. The molecule has 2 rings (SSSR count). The molecular weight excluding hydrogens is 246 g/mol. The molecule has 20 heavy (non-hydrogen) atoms. The molecule has 0 amide bonds. The van der Waals surface area contributed by atoms with Gasteiger partial charge in [-0.05, 0) is 51.3 Å². The van der Waals surface area contributed by atoms with E-state index in [2.05, 4.69) is 55.7 Å². The second-order valence-electron chi connectivity index (χ2n) is 6.79. The summed E-state index contributed by atoms with van der Waals surface area (Å²) < 4.78 is 0. The zero-order chi connectivity index (χ0) is 14.8.